The molecule has 1 aromatic carbocycles. The Morgan fingerprint density at radius 2 is 1.82 bits per heavy atom. The second-order valence-electron chi connectivity index (χ2n) is 5.30. The van der Waals surface area contributed by atoms with Crippen LogP contribution in [0.25, 0.3) is 0 Å². The van der Waals surface area contributed by atoms with Crippen LogP contribution in [-0.2, 0) is 6.42 Å². The zero-order valence-electron chi connectivity index (χ0n) is 11.0. The maximum atomic E-state index is 13.8. The molecule has 0 heterocycles. The van der Waals surface area contributed by atoms with Gasteiger partial charge in [-0.3, -0.25) is 0 Å². The third-order valence-corrected chi connectivity index (χ3v) is 4.84. The number of aryl methyl sites for hydroxylation is 1. The van der Waals surface area contributed by atoms with E-state index in [1.54, 1.807) is 6.08 Å². The van der Waals surface area contributed by atoms with E-state index in [1.165, 1.54) is 5.56 Å². The van der Waals surface area contributed by atoms with Crippen LogP contribution in [0.2, 0.25) is 19.6 Å². The number of benzene rings is 1. The first-order valence-corrected chi connectivity index (χ1v) is 9.50. The number of hydrogen-bond donors (Lipinski definition) is 0. The summed E-state index contributed by atoms with van der Waals surface area (Å²) in [7, 11) is -1.59. The topological polar surface area (TPSA) is 0 Å². The molecule has 0 atom stereocenters. The molecule has 0 N–H and O–H groups in total. The van der Waals surface area contributed by atoms with Crippen molar-refractivity contribution in [1.29, 1.82) is 0 Å². The van der Waals surface area contributed by atoms with Crippen molar-refractivity contribution in [1.82, 2.24) is 0 Å². The van der Waals surface area contributed by atoms with Gasteiger partial charge in [-0.05, 0) is 29.7 Å². The highest BCUT2D eigenvalue weighted by Crippen LogP contribution is 2.22. The van der Waals surface area contributed by atoms with Gasteiger partial charge in [0.1, 0.15) is 5.83 Å². The Kier molecular flexibility index (Phi) is 4.88. The SMILES string of the molecule is C=C(/C(F)=C/CCc1ccccc1)[Si](C)(C)C. The summed E-state index contributed by atoms with van der Waals surface area (Å²) in [6, 6.07) is 10.2. The first-order chi connectivity index (χ1) is 7.91. The third kappa shape index (κ3) is 4.69. The van der Waals surface area contributed by atoms with E-state index in [-0.39, 0.29) is 5.83 Å². The van der Waals surface area contributed by atoms with Gasteiger partial charge in [0.25, 0.3) is 0 Å². The van der Waals surface area contributed by atoms with Gasteiger partial charge >= 0.3 is 0 Å². The Labute approximate surface area is 105 Å². The number of allylic oxidation sites excluding steroid dienone is 3. The molecule has 0 bridgehead atoms. The summed E-state index contributed by atoms with van der Waals surface area (Å²) in [4.78, 5) is 0. The molecule has 0 aliphatic rings. The summed E-state index contributed by atoms with van der Waals surface area (Å²) in [5, 5.41) is 0.713. The predicted molar refractivity (Wildman–Crippen MR) is 76.4 cm³/mol. The second-order valence-corrected chi connectivity index (χ2v) is 10.4. The fraction of sp³-hybridized carbons (Fsp3) is 0.333. The highest BCUT2D eigenvalue weighted by atomic mass is 28.3. The summed E-state index contributed by atoms with van der Waals surface area (Å²) in [5.41, 5.74) is 1.25. The molecule has 0 aliphatic heterocycles. The number of rotatable bonds is 5. The van der Waals surface area contributed by atoms with Crippen LogP contribution in [-0.4, -0.2) is 8.07 Å². The summed E-state index contributed by atoms with van der Waals surface area (Å²) in [5.74, 6) is -0.111. The summed E-state index contributed by atoms with van der Waals surface area (Å²) in [6.45, 7) is 10.2. The smallest absolute Gasteiger partial charge is 0.117 e. The summed E-state index contributed by atoms with van der Waals surface area (Å²) < 4.78 is 13.8. The number of hydrogen-bond acceptors (Lipinski definition) is 0. The predicted octanol–water partition coefficient (Wildman–Crippen LogP) is 4.91. The lowest BCUT2D eigenvalue weighted by molar-refractivity contribution is 0.653. The van der Waals surface area contributed by atoms with Crippen LogP contribution >= 0.6 is 0 Å². The first kappa shape index (κ1) is 13.9. The summed E-state index contributed by atoms with van der Waals surface area (Å²) >= 11 is 0. The molecule has 0 aliphatic carbocycles. The van der Waals surface area contributed by atoms with Gasteiger partial charge in [-0.1, -0.05) is 56.6 Å². The highest BCUT2D eigenvalue weighted by molar-refractivity contribution is 6.83. The molecule has 0 saturated heterocycles. The van der Waals surface area contributed by atoms with Crippen LogP contribution in [0.1, 0.15) is 12.0 Å². The zero-order valence-corrected chi connectivity index (χ0v) is 12.0. The molecule has 0 aromatic heterocycles. The van der Waals surface area contributed by atoms with Crippen LogP contribution in [0, 0.1) is 0 Å². The Morgan fingerprint density at radius 3 is 2.35 bits per heavy atom. The van der Waals surface area contributed by atoms with E-state index in [2.05, 4.69) is 38.4 Å². The van der Waals surface area contributed by atoms with Gasteiger partial charge in [0.15, 0.2) is 0 Å². The fourth-order valence-corrected chi connectivity index (χ4v) is 2.31. The molecule has 0 saturated carbocycles. The van der Waals surface area contributed by atoms with Crippen molar-refractivity contribution < 1.29 is 4.39 Å². The van der Waals surface area contributed by atoms with Gasteiger partial charge in [0.2, 0.25) is 0 Å². The van der Waals surface area contributed by atoms with Crippen molar-refractivity contribution in [2.75, 3.05) is 0 Å². The van der Waals surface area contributed by atoms with Gasteiger partial charge in [-0.15, -0.1) is 0 Å². The van der Waals surface area contributed by atoms with E-state index in [9.17, 15) is 4.39 Å². The van der Waals surface area contributed by atoms with Crippen molar-refractivity contribution >= 4 is 8.07 Å². The van der Waals surface area contributed by atoms with Crippen LogP contribution in [0.4, 0.5) is 4.39 Å². The molecule has 1 aromatic rings. The van der Waals surface area contributed by atoms with Gasteiger partial charge in [-0.2, -0.15) is 0 Å². The lowest BCUT2D eigenvalue weighted by Crippen LogP contribution is -2.23. The van der Waals surface area contributed by atoms with Crippen LogP contribution in [0.15, 0.2) is 54.0 Å². The van der Waals surface area contributed by atoms with Crippen molar-refractivity contribution in [2.45, 2.75) is 32.5 Å². The minimum atomic E-state index is -1.59. The molecule has 0 amide bonds. The zero-order chi connectivity index (χ0) is 12.9. The minimum absolute atomic E-state index is 0.111. The van der Waals surface area contributed by atoms with Gasteiger partial charge < -0.3 is 0 Å². The monoisotopic (exact) mass is 248 g/mol. The average Bonchev–Trinajstić information content (AvgIpc) is 2.28. The largest absolute Gasteiger partial charge is 0.208 e. The van der Waals surface area contributed by atoms with Crippen LogP contribution in [0.5, 0.6) is 0 Å². The molecule has 0 unspecified atom stereocenters. The maximum absolute atomic E-state index is 13.8. The summed E-state index contributed by atoms with van der Waals surface area (Å²) in [6.07, 6.45) is 3.29. The quantitative estimate of drug-likeness (QED) is 0.513. The number of halogens is 1. The standard InChI is InChI=1S/C15H21FSi/c1-13(17(2,3)4)15(16)12-8-11-14-9-6-5-7-10-14/h5-7,9-10,12H,1,8,11H2,2-4H3/b15-12-. The van der Waals surface area contributed by atoms with E-state index >= 15 is 0 Å². The Bertz CT molecular complexity index is 399. The van der Waals surface area contributed by atoms with Crippen molar-refractivity contribution in [2.24, 2.45) is 0 Å². The van der Waals surface area contributed by atoms with E-state index in [0.29, 0.717) is 5.20 Å². The molecule has 0 nitrogen and oxygen atoms in total. The van der Waals surface area contributed by atoms with E-state index in [4.69, 9.17) is 0 Å². The Hall–Kier alpha value is -1.15. The van der Waals surface area contributed by atoms with Gasteiger partial charge in [0.05, 0.1) is 8.07 Å². The van der Waals surface area contributed by atoms with E-state index < -0.39 is 8.07 Å². The second kappa shape index (κ2) is 5.96. The van der Waals surface area contributed by atoms with Crippen molar-refractivity contribution in [3.8, 4) is 0 Å². The lowest BCUT2D eigenvalue weighted by atomic mass is 10.1. The molecular weight excluding hydrogens is 227 g/mol. The Morgan fingerprint density at radius 1 is 1.24 bits per heavy atom. The highest BCUT2D eigenvalue weighted by Gasteiger charge is 2.20. The fourth-order valence-electron chi connectivity index (χ4n) is 1.49. The van der Waals surface area contributed by atoms with Crippen LogP contribution < -0.4 is 0 Å². The lowest BCUT2D eigenvalue weighted by Gasteiger charge is -2.17. The molecule has 0 spiro atoms. The van der Waals surface area contributed by atoms with Crippen molar-refractivity contribution in [3.05, 3.63) is 59.6 Å². The first-order valence-electron chi connectivity index (χ1n) is 6.00. The molecule has 0 fully saturated rings. The molecular formula is C15H21FSi. The van der Waals surface area contributed by atoms with Crippen LogP contribution in [0.3, 0.4) is 0 Å². The average molecular weight is 248 g/mol. The normalized spacial score (nSPS) is 12.6. The van der Waals surface area contributed by atoms with Gasteiger partial charge in [-0.25, -0.2) is 4.39 Å². The van der Waals surface area contributed by atoms with E-state index in [1.807, 2.05) is 18.2 Å². The molecule has 0 radical (unpaired) electrons. The molecule has 2 heteroatoms. The molecule has 17 heavy (non-hydrogen) atoms. The minimum Gasteiger partial charge on any atom is -0.208 e. The molecule has 1 rings (SSSR count). The maximum Gasteiger partial charge on any atom is 0.117 e. The molecule has 92 valence electrons. The Balaban J connectivity index is 2.52. The van der Waals surface area contributed by atoms with Gasteiger partial charge in [0, 0.05) is 0 Å². The van der Waals surface area contributed by atoms with E-state index in [0.717, 1.165) is 12.8 Å². The third-order valence-electron chi connectivity index (χ3n) is 2.79. The van der Waals surface area contributed by atoms with Crippen molar-refractivity contribution in [3.63, 3.8) is 0 Å².